The van der Waals surface area contributed by atoms with E-state index in [-0.39, 0.29) is 63.9 Å². The molecule has 0 aliphatic heterocycles. The zero-order chi connectivity index (χ0) is 78.4. The van der Waals surface area contributed by atoms with Crippen LogP contribution in [0.1, 0.15) is 123 Å². The fourth-order valence-electron chi connectivity index (χ4n) is 12.9. The summed E-state index contributed by atoms with van der Waals surface area (Å²) in [6.07, 6.45) is 19.1. The van der Waals surface area contributed by atoms with Gasteiger partial charge in [0.05, 0.1) is 51.4 Å². The number of fused-ring (bicyclic) bond motifs is 3. The van der Waals surface area contributed by atoms with Gasteiger partial charge in [-0.25, -0.2) is 0 Å². The van der Waals surface area contributed by atoms with Crippen LogP contribution in [0.2, 0.25) is 0 Å². The van der Waals surface area contributed by atoms with Gasteiger partial charge in [-0.1, -0.05) is 113 Å². The van der Waals surface area contributed by atoms with E-state index in [1.54, 1.807) is 91.8 Å². The second kappa shape index (κ2) is 39.3. The van der Waals surface area contributed by atoms with E-state index in [9.17, 15) is 31.2 Å². The number of carbonyl (C=O) groups is 3. The van der Waals surface area contributed by atoms with Crippen LogP contribution in [0, 0.1) is 31.6 Å². The average Bonchev–Trinajstić information content (AvgIpc) is 1.38. The number of likely N-dealkylation sites (N-methyl/N-ethyl adjacent to an activating group) is 3. The fraction of sp³-hybridized carbons (Fsp3) is 0.386. The van der Waals surface area contributed by atoms with Crippen LogP contribution in [-0.2, 0) is 53.7 Å². The number of aromatic amines is 1. The van der Waals surface area contributed by atoms with E-state index < -0.39 is 26.0 Å². The minimum atomic E-state index is -3.80. The molecule has 11 aromatic rings. The molecule has 0 aliphatic carbocycles. The molecule has 6 atom stereocenters. The van der Waals surface area contributed by atoms with Crippen molar-refractivity contribution in [1.29, 1.82) is 0 Å². The molecule has 6 N–H and O–H groups in total. The summed E-state index contributed by atoms with van der Waals surface area (Å²) in [5, 5.41) is 33.1. The number of amides is 2. The van der Waals surface area contributed by atoms with Crippen LogP contribution in [0.4, 0.5) is 0 Å². The maximum atomic E-state index is 13.2. The zero-order valence-electron chi connectivity index (χ0n) is 64.7. The molecule has 574 valence electrons. The van der Waals surface area contributed by atoms with Crippen molar-refractivity contribution in [2.75, 3.05) is 61.9 Å². The average molecular weight is 1510 g/mol. The second-order valence-electron chi connectivity index (χ2n) is 29.4. The van der Waals surface area contributed by atoms with Crippen LogP contribution in [-0.4, -0.2) is 178 Å². The number of rotatable bonds is 30. The van der Waals surface area contributed by atoms with E-state index in [2.05, 4.69) is 127 Å². The van der Waals surface area contributed by atoms with Crippen LogP contribution < -0.4 is 16.4 Å². The fourth-order valence-corrected chi connectivity index (χ4v) is 15.4. The number of aryl methyl sites for hydroxylation is 2. The van der Waals surface area contributed by atoms with Crippen LogP contribution in [0.25, 0.3) is 32.7 Å². The molecule has 108 heavy (non-hydrogen) atoms. The molecular formula is C83H107N15O8S2. The van der Waals surface area contributed by atoms with Gasteiger partial charge >= 0.3 is 5.97 Å². The number of H-pyrrole nitrogens is 1. The first-order valence-corrected chi connectivity index (χ1v) is 39.5. The summed E-state index contributed by atoms with van der Waals surface area (Å²) in [6.45, 7) is 18.1. The van der Waals surface area contributed by atoms with Gasteiger partial charge in [0.25, 0.3) is 20.0 Å². The van der Waals surface area contributed by atoms with Crippen LogP contribution in [0.15, 0.2) is 205 Å². The van der Waals surface area contributed by atoms with Crippen molar-refractivity contribution in [3.63, 3.8) is 0 Å². The van der Waals surface area contributed by atoms with Gasteiger partial charge < -0.3 is 36.2 Å². The molecule has 2 amide bonds. The molecule has 6 heterocycles. The Bertz CT molecular complexity index is 4900. The number of pyridine rings is 3. The molecule has 0 unspecified atom stereocenters. The first-order chi connectivity index (χ1) is 51.4. The van der Waals surface area contributed by atoms with Gasteiger partial charge in [0.1, 0.15) is 0 Å². The molecule has 11 rings (SSSR count). The van der Waals surface area contributed by atoms with Gasteiger partial charge in [0.15, 0.2) is 0 Å². The topological polar surface area (TPSA) is 303 Å². The quantitative estimate of drug-likeness (QED) is 0.0279. The lowest BCUT2D eigenvalue weighted by atomic mass is 9.86. The molecule has 0 fully saturated rings. The third-order valence-corrected chi connectivity index (χ3v) is 22.9. The highest BCUT2D eigenvalue weighted by atomic mass is 32.2. The maximum absolute atomic E-state index is 13.2. The molecule has 0 aliphatic rings. The Morgan fingerprint density at radius 2 is 0.833 bits per heavy atom. The van der Waals surface area contributed by atoms with E-state index in [0.717, 1.165) is 81.6 Å². The Hall–Kier alpha value is -9.89. The van der Waals surface area contributed by atoms with E-state index in [0.29, 0.717) is 67.7 Å². The van der Waals surface area contributed by atoms with E-state index in [1.165, 1.54) is 5.56 Å². The molecule has 0 radical (unpaired) electrons. The molecule has 0 bridgehead atoms. The maximum Gasteiger partial charge on any atom is 0.303 e. The SMILES string of the molecule is CC(C)[C@H](CC(=O)NC[C@H](Cc1ccc2[nH]ncc2c1)N(C)C)c1cccnc1.CC(C)[C@H](CC(=O)O)c1cccnc1.Cc1ccc(S(=O)(=O)n2ncc3cc(C[C@@H](CN)N(C)C)ccc32)cc1.Cc1ccc(S(=O)(=O)n2ncc3cc(C[C@@H](CNC(=O)C[C@H](c4cccnc4)C(C)C)N(C)C)ccc32)cc1. The third-order valence-electron chi connectivity index (χ3n) is 19.7. The molecular weight excluding hydrogens is 1400 g/mol. The van der Waals surface area contributed by atoms with Crippen LogP contribution in [0.3, 0.4) is 0 Å². The van der Waals surface area contributed by atoms with Crippen LogP contribution >= 0.6 is 0 Å². The summed E-state index contributed by atoms with van der Waals surface area (Å²) < 4.78 is 54.3. The highest BCUT2D eigenvalue weighted by Crippen LogP contribution is 2.31. The van der Waals surface area contributed by atoms with Gasteiger partial charge in [0.2, 0.25) is 11.8 Å². The smallest absolute Gasteiger partial charge is 0.303 e. The van der Waals surface area contributed by atoms with Gasteiger partial charge in [-0.2, -0.15) is 40.3 Å². The number of hydrogen-bond acceptors (Lipinski definition) is 17. The molecule has 23 nitrogen and oxygen atoms in total. The molecule has 0 spiro atoms. The zero-order valence-corrected chi connectivity index (χ0v) is 66.3. The summed E-state index contributed by atoms with van der Waals surface area (Å²) in [5.74, 6) is 0.677. The largest absolute Gasteiger partial charge is 0.481 e. The van der Waals surface area contributed by atoms with Crippen LogP contribution in [0.5, 0.6) is 0 Å². The summed E-state index contributed by atoms with van der Waals surface area (Å²) in [6, 6.07) is 43.5. The van der Waals surface area contributed by atoms with Crippen molar-refractivity contribution in [2.45, 2.75) is 140 Å². The van der Waals surface area contributed by atoms with Gasteiger partial charge in [-0.3, -0.25) is 34.4 Å². The Morgan fingerprint density at radius 3 is 1.18 bits per heavy atom. The van der Waals surface area contributed by atoms with Gasteiger partial charge in [-0.15, -0.1) is 0 Å². The number of carboxylic acid groups (broad SMARTS) is 1. The van der Waals surface area contributed by atoms with Crippen molar-refractivity contribution < 1.29 is 36.3 Å². The highest BCUT2D eigenvalue weighted by molar-refractivity contribution is 7.90. The summed E-state index contributed by atoms with van der Waals surface area (Å²) in [7, 11) is 4.59. The minimum absolute atomic E-state index is 0.0162. The number of carbonyl (C=O) groups excluding carboxylic acids is 2. The molecule has 25 heteroatoms. The van der Waals surface area contributed by atoms with Crippen molar-refractivity contribution >= 4 is 70.5 Å². The number of nitrogens with two attached hydrogens (primary N) is 1. The predicted octanol–water partition coefficient (Wildman–Crippen LogP) is 12.1. The predicted molar refractivity (Wildman–Crippen MR) is 429 cm³/mol. The Balaban J connectivity index is 0.000000191. The van der Waals surface area contributed by atoms with Gasteiger partial charge in [0, 0.05) is 104 Å². The second-order valence-corrected chi connectivity index (χ2v) is 32.9. The Kier molecular flexibility index (Phi) is 30.5. The molecule has 0 saturated carbocycles. The first kappa shape index (κ1) is 83.7. The van der Waals surface area contributed by atoms with E-state index in [4.69, 9.17) is 10.8 Å². The summed E-state index contributed by atoms with van der Waals surface area (Å²) in [4.78, 5) is 55.5. The van der Waals surface area contributed by atoms with Crippen molar-refractivity contribution in [1.82, 2.24) is 68.9 Å². The van der Waals surface area contributed by atoms with Gasteiger partial charge in [-0.05, 0) is 223 Å². The van der Waals surface area contributed by atoms with E-state index in [1.807, 2.05) is 135 Å². The van der Waals surface area contributed by atoms with Crippen molar-refractivity contribution in [3.05, 3.63) is 240 Å². The summed E-state index contributed by atoms with van der Waals surface area (Å²) >= 11 is 0. The number of aliphatic carboxylic acids is 1. The Morgan fingerprint density at radius 1 is 0.472 bits per heavy atom. The van der Waals surface area contributed by atoms with E-state index >= 15 is 0 Å². The minimum Gasteiger partial charge on any atom is -0.481 e. The Labute approximate surface area is 636 Å². The molecule has 6 aromatic heterocycles. The third kappa shape index (κ3) is 23.3. The number of nitrogens with zero attached hydrogens (tertiary/aromatic N) is 11. The molecule has 0 saturated heterocycles. The normalized spacial score (nSPS) is 13.5. The number of hydrogen-bond donors (Lipinski definition) is 5. The lowest BCUT2D eigenvalue weighted by Gasteiger charge is -2.26. The standard InChI is InChI=1S/C30H37N5O3S.C23H31N5O.C19H24N4O2S.C11H15NO2/c1-21(2)28(24-7-6-14-31-18-24)17-30(36)32-20-26(34(4)5)16-23-10-13-29-25(15-23)19-33-35(29)39(37,38)27-11-8-22(3)9-12-27;1-16(2)21(18-6-5-9-24-13-18)12-23(29)25-15-20(28(3)4)11-17-7-8-22-19(10-17)14-26-27-22;1-14-4-7-18(8-5-14)26(24,25)23-19-9-6-15(10-16(19)13-21-23)11-17(12-20)22(2)3;1-8(2)10(6-11(13)14)9-4-3-5-12-7-9/h6-15,18-19,21,26,28H,16-17,20H2,1-5H3,(H,32,36);5-10,13-14,16,20-21H,11-12,15H2,1-4H3,(H,25,29)(H,26,27);4-10,13,17H,11-12,20H2,1-3H3;3-5,7-8,10H,6H2,1-2H3,(H,13,14)/t26-,28-;20-,21-;17-;10-/m0000/s1. The number of aromatic nitrogens is 9. The lowest BCUT2D eigenvalue weighted by molar-refractivity contribution is -0.137. The monoisotopic (exact) mass is 1510 g/mol. The molecule has 5 aromatic carbocycles. The first-order valence-electron chi connectivity index (χ1n) is 36.6. The van der Waals surface area contributed by atoms with Crippen molar-refractivity contribution in [3.8, 4) is 0 Å². The number of nitrogens with one attached hydrogen (secondary N) is 3. The lowest BCUT2D eigenvalue weighted by Crippen LogP contribution is -2.42. The highest BCUT2D eigenvalue weighted by Gasteiger charge is 2.27. The van der Waals surface area contributed by atoms with Crippen molar-refractivity contribution in [2.24, 2.45) is 23.5 Å². The number of benzene rings is 5. The number of carboxylic acids is 1. The summed E-state index contributed by atoms with van der Waals surface area (Å²) in [5.41, 5.74) is 16.6.